The van der Waals surface area contributed by atoms with E-state index < -0.39 is 23.5 Å². The van der Waals surface area contributed by atoms with Crippen LogP contribution >= 0.6 is 0 Å². The van der Waals surface area contributed by atoms with Gasteiger partial charge in [0.05, 0.1) is 17.2 Å². The van der Waals surface area contributed by atoms with Crippen molar-refractivity contribution < 1.29 is 19.8 Å². The van der Waals surface area contributed by atoms with Gasteiger partial charge in [-0.15, -0.1) is 0 Å². The average Bonchev–Trinajstić information content (AvgIpc) is 2.28. The van der Waals surface area contributed by atoms with Gasteiger partial charge in [-0.05, 0) is 32.9 Å². The van der Waals surface area contributed by atoms with E-state index in [-0.39, 0.29) is 11.3 Å². The summed E-state index contributed by atoms with van der Waals surface area (Å²) >= 11 is 0. The van der Waals surface area contributed by atoms with Crippen LogP contribution in [-0.4, -0.2) is 38.7 Å². The Balaban J connectivity index is 3.02. The van der Waals surface area contributed by atoms with Gasteiger partial charge in [0.1, 0.15) is 5.69 Å². The Morgan fingerprint density at radius 2 is 2.06 bits per heavy atom. The molecule has 0 radical (unpaired) electrons. The Kier molecular flexibility index (Phi) is 4.03. The van der Waals surface area contributed by atoms with Crippen LogP contribution in [0, 0.1) is 0 Å². The highest BCUT2D eigenvalue weighted by Crippen LogP contribution is 2.11. The fraction of sp³-hybridized carbons (Fsp3) is 0.417. The number of aliphatic hydroxyl groups excluding tert-OH is 1. The Morgan fingerprint density at radius 1 is 1.44 bits per heavy atom. The molecule has 0 fully saturated rings. The molecular formula is C12H16N2O4. The van der Waals surface area contributed by atoms with Crippen molar-refractivity contribution in [2.75, 3.05) is 0 Å². The van der Waals surface area contributed by atoms with E-state index >= 15 is 0 Å². The van der Waals surface area contributed by atoms with Gasteiger partial charge < -0.3 is 15.5 Å². The van der Waals surface area contributed by atoms with Crippen LogP contribution in [0.4, 0.5) is 0 Å². The fourth-order valence-corrected chi connectivity index (χ4v) is 1.22. The van der Waals surface area contributed by atoms with E-state index in [9.17, 15) is 14.7 Å². The summed E-state index contributed by atoms with van der Waals surface area (Å²) in [5.41, 5.74) is -1.21. The van der Waals surface area contributed by atoms with Gasteiger partial charge >= 0.3 is 5.97 Å². The molecule has 0 aliphatic heterocycles. The number of nitrogens with zero attached hydrogens (tertiary/aromatic N) is 1. The summed E-state index contributed by atoms with van der Waals surface area (Å²) in [6, 6.07) is 2.75. The number of pyridine rings is 1. The zero-order chi connectivity index (χ0) is 13.9. The number of carbonyl (C=O) groups excluding carboxylic acids is 1. The fourth-order valence-electron chi connectivity index (χ4n) is 1.22. The molecule has 1 rings (SSSR count). The van der Waals surface area contributed by atoms with Crippen molar-refractivity contribution in [2.45, 2.75) is 32.4 Å². The number of carboxylic acids is 1. The van der Waals surface area contributed by atoms with Crippen molar-refractivity contribution in [1.29, 1.82) is 0 Å². The van der Waals surface area contributed by atoms with Gasteiger partial charge in [0.2, 0.25) is 0 Å². The van der Waals surface area contributed by atoms with Gasteiger partial charge in [-0.2, -0.15) is 0 Å². The predicted octanol–water partition coefficient (Wildman–Crippen LogP) is 0.669. The average molecular weight is 252 g/mol. The summed E-state index contributed by atoms with van der Waals surface area (Å²) in [7, 11) is 0. The zero-order valence-electron chi connectivity index (χ0n) is 10.5. The highest BCUT2D eigenvalue weighted by atomic mass is 16.4. The monoisotopic (exact) mass is 252 g/mol. The molecule has 3 N–H and O–H groups in total. The molecule has 0 saturated heterocycles. The van der Waals surface area contributed by atoms with Crippen LogP contribution in [0.3, 0.4) is 0 Å². The molecule has 0 bridgehead atoms. The van der Waals surface area contributed by atoms with Crippen molar-refractivity contribution in [3.8, 4) is 0 Å². The third kappa shape index (κ3) is 3.04. The molecule has 0 aromatic carbocycles. The number of aromatic carboxylic acids is 1. The molecule has 6 nitrogen and oxygen atoms in total. The summed E-state index contributed by atoms with van der Waals surface area (Å²) in [4.78, 5) is 26.7. The predicted molar refractivity (Wildman–Crippen MR) is 64.4 cm³/mol. The first-order valence-corrected chi connectivity index (χ1v) is 5.44. The van der Waals surface area contributed by atoms with E-state index in [4.69, 9.17) is 5.11 Å². The van der Waals surface area contributed by atoms with Gasteiger partial charge in [0, 0.05) is 6.20 Å². The molecule has 1 heterocycles. The van der Waals surface area contributed by atoms with Crippen molar-refractivity contribution in [1.82, 2.24) is 10.3 Å². The van der Waals surface area contributed by atoms with Crippen LogP contribution < -0.4 is 5.32 Å². The van der Waals surface area contributed by atoms with E-state index in [0.29, 0.717) is 0 Å². The van der Waals surface area contributed by atoms with Crippen molar-refractivity contribution in [2.24, 2.45) is 0 Å². The van der Waals surface area contributed by atoms with Crippen LogP contribution in [0.1, 0.15) is 41.6 Å². The SMILES string of the molecule is CC(O)C(C)(C)NC(=O)c1ncccc1C(=O)O. The van der Waals surface area contributed by atoms with Crippen LogP contribution in [0.25, 0.3) is 0 Å². The lowest BCUT2D eigenvalue weighted by molar-refractivity contribution is 0.0665. The first kappa shape index (κ1) is 14.1. The normalized spacial score (nSPS) is 12.9. The number of amides is 1. The molecule has 1 aromatic heterocycles. The van der Waals surface area contributed by atoms with Crippen molar-refractivity contribution in [3.63, 3.8) is 0 Å². The van der Waals surface area contributed by atoms with Gasteiger partial charge in [-0.25, -0.2) is 4.79 Å². The first-order valence-electron chi connectivity index (χ1n) is 5.44. The second kappa shape index (κ2) is 5.14. The third-order valence-electron chi connectivity index (χ3n) is 2.73. The second-order valence-electron chi connectivity index (χ2n) is 4.56. The quantitative estimate of drug-likeness (QED) is 0.731. The molecule has 18 heavy (non-hydrogen) atoms. The minimum Gasteiger partial charge on any atom is -0.478 e. The number of carbonyl (C=O) groups is 2. The molecule has 1 atom stereocenters. The first-order chi connectivity index (χ1) is 8.25. The van der Waals surface area contributed by atoms with Crippen LogP contribution in [0.15, 0.2) is 18.3 Å². The van der Waals surface area contributed by atoms with Gasteiger partial charge in [-0.1, -0.05) is 0 Å². The van der Waals surface area contributed by atoms with Gasteiger partial charge in [0.25, 0.3) is 5.91 Å². The Hall–Kier alpha value is -1.95. The molecular weight excluding hydrogens is 236 g/mol. The van der Waals surface area contributed by atoms with Crippen molar-refractivity contribution in [3.05, 3.63) is 29.6 Å². The lowest BCUT2D eigenvalue weighted by Gasteiger charge is -2.29. The molecule has 0 aliphatic carbocycles. The molecule has 6 heteroatoms. The minimum atomic E-state index is -1.22. The largest absolute Gasteiger partial charge is 0.478 e. The van der Waals surface area contributed by atoms with E-state index in [2.05, 4.69) is 10.3 Å². The van der Waals surface area contributed by atoms with Crippen LogP contribution in [0.5, 0.6) is 0 Å². The zero-order valence-corrected chi connectivity index (χ0v) is 10.5. The molecule has 0 spiro atoms. The summed E-state index contributed by atoms with van der Waals surface area (Å²) < 4.78 is 0. The molecule has 98 valence electrons. The number of carboxylic acid groups (broad SMARTS) is 1. The standard InChI is InChI=1S/C12H16N2O4/c1-7(15)12(2,3)14-10(16)9-8(11(17)18)5-4-6-13-9/h4-7,15H,1-3H3,(H,14,16)(H,17,18). The number of aliphatic hydroxyl groups is 1. The maximum atomic E-state index is 11.9. The Labute approximate surface area is 105 Å². The molecule has 1 unspecified atom stereocenters. The number of hydrogen-bond donors (Lipinski definition) is 3. The Morgan fingerprint density at radius 3 is 2.56 bits per heavy atom. The maximum Gasteiger partial charge on any atom is 0.338 e. The summed E-state index contributed by atoms with van der Waals surface area (Å²) in [5, 5.41) is 21.0. The topological polar surface area (TPSA) is 99.5 Å². The number of rotatable bonds is 4. The Bertz CT molecular complexity index is 469. The third-order valence-corrected chi connectivity index (χ3v) is 2.73. The highest BCUT2D eigenvalue weighted by molar-refractivity contribution is 6.03. The lowest BCUT2D eigenvalue weighted by Crippen LogP contribution is -2.51. The summed E-state index contributed by atoms with van der Waals surface area (Å²) in [6.07, 6.45) is 0.565. The summed E-state index contributed by atoms with van der Waals surface area (Å²) in [5.74, 6) is -1.85. The summed E-state index contributed by atoms with van der Waals surface area (Å²) in [6.45, 7) is 4.81. The highest BCUT2D eigenvalue weighted by Gasteiger charge is 2.28. The molecule has 1 amide bonds. The molecule has 1 aromatic rings. The van der Waals surface area contributed by atoms with E-state index in [1.54, 1.807) is 13.8 Å². The number of hydrogen-bond acceptors (Lipinski definition) is 4. The van der Waals surface area contributed by atoms with E-state index in [1.807, 2.05) is 0 Å². The second-order valence-corrected chi connectivity index (χ2v) is 4.56. The number of nitrogens with one attached hydrogen (secondary N) is 1. The van der Waals surface area contributed by atoms with Crippen molar-refractivity contribution >= 4 is 11.9 Å². The lowest BCUT2D eigenvalue weighted by atomic mass is 9.98. The smallest absolute Gasteiger partial charge is 0.338 e. The number of aromatic nitrogens is 1. The minimum absolute atomic E-state index is 0.168. The van der Waals surface area contributed by atoms with E-state index in [1.165, 1.54) is 25.3 Å². The van der Waals surface area contributed by atoms with Crippen LogP contribution in [-0.2, 0) is 0 Å². The van der Waals surface area contributed by atoms with Crippen LogP contribution in [0.2, 0.25) is 0 Å². The molecule has 0 aliphatic rings. The van der Waals surface area contributed by atoms with Gasteiger partial charge in [-0.3, -0.25) is 9.78 Å². The molecule has 0 saturated carbocycles. The maximum absolute atomic E-state index is 11.9. The van der Waals surface area contributed by atoms with Gasteiger partial charge in [0.15, 0.2) is 0 Å². The van der Waals surface area contributed by atoms with E-state index in [0.717, 1.165) is 0 Å².